The molecule has 0 atom stereocenters. The summed E-state index contributed by atoms with van der Waals surface area (Å²) >= 11 is 0. The number of nitrogens with two attached hydrogens (primary N) is 1. The van der Waals surface area contributed by atoms with Crippen molar-refractivity contribution in [2.24, 2.45) is 10.7 Å². The molecule has 22 heavy (non-hydrogen) atoms. The van der Waals surface area contributed by atoms with E-state index in [0.717, 1.165) is 6.61 Å². The van der Waals surface area contributed by atoms with Crippen LogP contribution in [0, 0.1) is 0 Å². The van der Waals surface area contributed by atoms with Gasteiger partial charge in [0, 0.05) is 12.6 Å². The summed E-state index contributed by atoms with van der Waals surface area (Å²) in [5, 5.41) is 3.34. The zero-order valence-corrected chi connectivity index (χ0v) is 15.7. The van der Waals surface area contributed by atoms with E-state index in [-0.39, 0.29) is 24.0 Å². The molecular formula is C17H28IN3O. The second-order valence-electron chi connectivity index (χ2n) is 5.63. The van der Waals surface area contributed by atoms with Crippen molar-refractivity contribution in [3.63, 3.8) is 0 Å². The predicted molar refractivity (Wildman–Crippen MR) is 103 cm³/mol. The average Bonchev–Trinajstić information content (AvgIpc) is 2.53. The summed E-state index contributed by atoms with van der Waals surface area (Å²) < 4.78 is 5.38. The van der Waals surface area contributed by atoms with Gasteiger partial charge in [-0.05, 0) is 30.9 Å². The fraction of sp³-hybridized carbons (Fsp3) is 0.588. The number of guanidine groups is 1. The van der Waals surface area contributed by atoms with E-state index in [2.05, 4.69) is 34.6 Å². The summed E-state index contributed by atoms with van der Waals surface area (Å²) in [6.07, 6.45) is 6.37. The van der Waals surface area contributed by atoms with Crippen LogP contribution in [0.5, 0.6) is 0 Å². The number of hydrogen-bond acceptors (Lipinski definition) is 2. The largest absolute Gasteiger partial charge is 0.377 e. The minimum Gasteiger partial charge on any atom is -0.377 e. The van der Waals surface area contributed by atoms with Crippen LogP contribution in [0.2, 0.25) is 0 Å². The molecular weight excluding hydrogens is 389 g/mol. The molecule has 0 aliphatic heterocycles. The van der Waals surface area contributed by atoms with Gasteiger partial charge in [0.1, 0.15) is 0 Å². The van der Waals surface area contributed by atoms with Gasteiger partial charge in [0.15, 0.2) is 5.96 Å². The van der Waals surface area contributed by atoms with Gasteiger partial charge in [-0.2, -0.15) is 0 Å². The lowest BCUT2D eigenvalue weighted by molar-refractivity contribution is 0.134. The van der Waals surface area contributed by atoms with Gasteiger partial charge in [-0.3, -0.25) is 0 Å². The minimum absolute atomic E-state index is 0. The van der Waals surface area contributed by atoms with E-state index >= 15 is 0 Å². The van der Waals surface area contributed by atoms with Crippen molar-refractivity contribution in [2.75, 3.05) is 6.61 Å². The molecule has 0 spiro atoms. The molecule has 0 amide bonds. The van der Waals surface area contributed by atoms with Gasteiger partial charge in [0.25, 0.3) is 0 Å². The zero-order valence-electron chi connectivity index (χ0n) is 13.4. The molecule has 1 fully saturated rings. The number of hydrogen-bond donors (Lipinski definition) is 2. The lowest BCUT2D eigenvalue weighted by atomic mass is 9.96. The third-order valence-corrected chi connectivity index (χ3v) is 3.88. The molecule has 2 rings (SSSR count). The fourth-order valence-electron chi connectivity index (χ4n) is 2.64. The van der Waals surface area contributed by atoms with Gasteiger partial charge in [0.2, 0.25) is 0 Å². The van der Waals surface area contributed by atoms with Gasteiger partial charge in [-0.15, -0.1) is 24.0 Å². The normalized spacial score (nSPS) is 16.1. The zero-order chi connectivity index (χ0) is 14.9. The first-order valence-corrected chi connectivity index (χ1v) is 8.00. The van der Waals surface area contributed by atoms with E-state index in [0.29, 0.717) is 25.2 Å². The highest BCUT2D eigenvalue weighted by Crippen LogP contribution is 2.17. The van der Waals surface area contributed by atoms with Crippen LogP contribution in [0.25, 0.3) is 0 Å². The first-order valence-electron chi connectivity index (χ1n) is 8.00. The summed E-state index contributed by atoms with van der Waals surface area (Å²) in [5.41, 5.74) is 8.33. The SMILES string of the molecule is CCOCc1ccc(CN=C(N)NC2CCCCC2)cc1.I. The Bertz CT molecular complexity index is 442. The highest BCUT2D eigenvalue weighted by molar-refractivity contribution is 14.0. The maximum atomic E-state index is 5.97. The number of ether oxygens (including phenoxy) is 1. The molecule has 124 valence electrons. The molecule has 1 aromatic carbocycles. The Morgan fingerprint density at radius 1 is 1.18 bits per heavy atom. The number of benzene rings is 1. The maximum Gasteiger partial charge on any atom is 0.189 e. The number of nitrogens with zero attached hydrogens (tertiary/aromatic N) is 1. The van der Waals surface area contributed by atoms with Gasteiger partial charge < -0.3 is 15.8 Å². The number of halogens is 1. The van der Waals surface area contributed by atoms with E-state index in [4.69, 9.17) is 10.5 Å². The van der Waals surface area contributed by atoms with Crippen LogP contribution in [0.1, 0.15) is 50.2 Å². The number of rotatable bonds is 6. The molecule has 3 N–H and O–H groups in total. The summed E-state index contributed by atoms with van der Waals surface area (Å²) in [6, 6.07) is 8.87. The van der Waals surface area contributed by atoms with Crippen molar-refractivity contribution in [3.05, 3.63) is 35.4 Å². The quantitative estimate of drug-likeness (QED) is 0.423. The van der Waals surface area contributed by atoms with Crippen LogP contribution in [-0.2, 0) is 17.9 Å². The minimum atomic E-state index is 0. The smallest absolute Gasteiger partial charge is 0.189 e. The van der Waals surface area contributed by atoms with Crippen molar-refractivity contribution in [1.82, 2.24) is 5.32 Å². The van der Waals surface area contributed by atoms with Crippen LogP contribution >= 0.6 is 24.0 Å². The molecule has 0 aromatic heterocycles. The summed E-state index contributed by atoms with van der Waals surface area (Å²) in [4.78, 5) is 4.43. The van der Waals surface area contributed by atoms with Gasteiger partial charge in [-0.25, -0.2) is 4.99 Å². The molecule has 1 aliphatic rings. The molecule has 4 nitrogen and oxygen atoms in total. The van der Waals surface area contributed by atoms with Crippen molar-refractivity contribution < 1.29 is 4.74 Å². The standard InChI is InChI=1S/C17H27N3O.HI/c1-2-21-13-15-10-8-14(9-11-15)12-19-17(18)20-16-6-4-3-5-7-16;/h8-11,16H,2-7,12-13H2,1H3,(H3,18,19,20);1H. The van der Waals surface area contributed by atoms with Crippen molar-refractivity contribution in [1.29, 1.82) is 0 Å². The van der Waals surface area contributed by atoms with Crippen molar-refractivity contribution in [2.45, 2.75) is 58.2 Å². The van der Waals surface area contributed by atoms with Gasteiger partial charge in [-0.1, -0.05) is 43.5 Å². The number of nitrogens with one attached hydrogen (secondary N) is 1. The van der Waals surface area contributed by atoms with Crippen LogP contribution in [0.3, 0.4) is 0 Å². The molecule has 1 aliphatic carbocycles. The van der Waals surface area contributed by atoms with Crippen LogP contribution < -0.4 is 11.1 Å². The third-order valence-electron chi connectivity index (χ3n) is 3.88. The van der Waals surface area contributed by atoms with Gasteiger partial charge in [0.05, 0.1) is 13.2 Å². The van der Waals surface area contributed by atoms with E-state index in [9.17, 15) is 0 Å². The summed E-state index contributed by atoms with van der Waals surface area (Å²) in [7, 11) is 0. The molecule has 0 heterocycles. The highest BCUT2D eigenvalue weighted by Gasteiger charge is 2.13. The Hall–Kier alpha value is -0.820. The topological polar surface area (TPSA) is 59.6 Å². The molecule has 0 bridgehead atoms. The summed E-state index contributed by atoms with van der Waals surface area (Å²) in [6.45, 7) is 4.05. The molecule has 0 saturated heterocycles. The Morgan fingerprint density at radius 3 is 2.45 bits per heavy atom. The monoisotopic (exact) mass is 417 g/mol. The lowest BCUT2D eigenvalue weighted by Gasteiger charge is -2.23. The third kappa shape index (κ3) is 6.96. The Balaban J connectivity index is 0.00000242. The van der Waals surface area contributed by atoms with Crippen LogP contribution in [0.4, 0.5) is 0 Å². The lowest BCUT2D eigenvalue weighted by Crippen LogP contribution is -2.41. The second-order valence-corrected chi connectivity index (χ2v) is 5.63. The summed E-state index contributed by atoms with van der Waals surface area (Å²) in [5.74, 6) is 0.570. The van der Waals surface area contributed by atoms with E-state index < -0.39 is 0 Å². The highest BCUT2D eigenvalue weighted by atomic mass is 127. The molecule has 0 radical (unpaired) electrons. The van der Waals surface area contributed by atoms with E-state index in [1.54, 1.807) is 0 Å². The molecule has 5 heteroatoms. The van der Waals surface area contributed by atoms with Gasteiger partial charge >= 0.3 is 0 Å². The first kappa shape index (κ1) is 19.2. The maximum absolute atomic E-state index is 5.97. The van der Waals surface area contributed by atoms with E-state index in [1.807, 2.05) is 6.92 Å². The molecule has 1 saturated carbocycles. The van der Waals surface area contributed by atoms with Crippen molar-refractivity contribution >= 4 is 29.9 Å². The molecule has 1 aromatic rings. The fourth-order valence-corrected chi connectivity index (χ4v) is 2.64. The average molecular weight is 417 g/mol. The van der Waals surface area contributed by atoms with Crippen LogP contribution in [0.15, 0.2) is 29.3 Å². The van der Waals surface area contributed by atoms with Crippen molar-refractivity contribution in [3.8, 4) is 0 Å². The Morgan fingerprint density at radius 2 is 1.82 bits per heavy atom. The predicted octanol–water partition coefficient (Wildman–Crippen LogP) is 3.58. The molecule has 0 unspecified atom stereocenters. The first-order chi connectivity index (χ1) is 10.3. The van der Waals surface area contributed by atoms with Crippen LogP contribution in [-0.4, -0.2) is 18.6 Å². The van der Waals surface area contributed by atoms with E-state index in [1.165, 1.54) is 43.2 Å². The second kappa shape index (κ2) is 10.8. The Kier molecular flexibility index (Phi) is 9.47. The Labute approximate surface area is 150 Å². The number of aliphatic imine (C=N–C) groups is 1.